The summed E-state index contributed by atoms with van der Waals surface area (Å²) in [5.74, 6) is -0.110. The van der Waals surface area contributed by atoms with Crippen molar-refractivity contribution >= 4 is 17.2 Å². The van der Waals surface area contributed by atoms with Gasteiger partial charge in [-0.3, -0.25) is 9.48 Å². The van der Waals surface area contributed by atoms with Gasteiger partial charge in [-0.25, -0.2) is 4.98 Å². The third-order valence-corrected chi connectivity index (χ3v) is 3.93. The lowest BCUT2D eigenvalue weighted by Crippen LogP contribution is -2.36. The Kier molecular flexibility index (Phi) is 4.23. The fourth-order valence-electron chi connectivity index (χ4n) is 2.20. The zero-order chi connectivity index (χ0) is 14.9. The van der Waals surface area contributed by atoms with Crippen LogP contribution < -0.4 is 5.32 Å². The van der Waals surface area contributed by atoms with Crippen LogP contribution in [0.2, 0.25) is 0 Å². The molecule has 0 bridgehead atoms. The van der Waals surface area contributed by atoms with Crippen molar-refractivity contribution in [1.82, 2.24) is 20.1 Å². The molecule has 0 spiro atoms. The zero-order valence-electron chi connectivity index (χ0n) is 12.5. The third kappa shape index (κ3) is 3.25. The van der Waals surface area contributed by atoms with Crippen molar-refractivity contribution in [3.05, 3.63) is 33.0 Å². The maximum Gasteiger partial charge on any atom is 0.271 e. The summed E-state index contributed by atoms with van der Waals surface area (Å²) in [5.41, 5.74) is 2.63. The minimum atomic E-state index is -0.110. The molecule has 2 aromatic heterocycles. The van der Waals surface area contributed by atoms with Crippen molar-refractivity contribution in [3.8, 4) is 0 Å². The molecule has 1 N–H and O–H groups in total. The number of hydrogen-bond donors (Lipinski definition) is 1. The van der Waals surface area contributed by atoms with Crippen molar-refractivity contribution in [2.45, 2.75) is 47.2 Å². The Balaban J connectivity index is 2.01. The Morgan fingerprint density at radius 1 is 1.40 bits per heavy atom. The second-order valence-corrected chi connectivity index (χ2v) is 6.53. The molecule has 2 aromatic rings. The van der Waals surface area contributed by atoms with Crippen LogP contribution in [0, 0.1) is 27.7 Å². The average molecular weight is 292 g/mol. The highest BCUT2D eigenvalue weighted by atomic mass is 32.1. The first-order valence-corrected chi connectivity index (χ1v) is 7.44. The van der Waals surface area contributed by atoms with Gasteiger partial charge in [0.05, 0.1) is 17.2 Å². The van der Waals surface area contributed by atoms with Crippen LogP contribution in [0.15, 0.2) is 6.07 Å². The van der Waals surface area contributed by atoms with E-state index in [1.54, 1.807) is 11.3 Å². The van der Waals surface area contributed by atoms with Gasteiger partial charge >= 0.3 is 0 Å². The van der Waals surface area contributed by atoms with Crippen LogP contribution in [0.25, 0.3) is 0 Å². The quantitative estimate of drug-likeness (QED) is 0.941. The average Bonchev–Trinajstić information content (AvgIpc) is 2.81. The van der Waals surface area contributed by atoms with Crippen molar-refractivity contribution < 1.29 is 4.79 Å². The third-order valence-electron chi connectivity index (χ3n) is 3.05. The molecular weight excluding hydrogens is 272 g/mol. The predicted molar refractivity (Wildman–Crippen MR) is 80.2 cm³/mol. The molecule has 0 radical (unpaired) electrons. The van der Waals surface area contributed by atoms with Gasteiger partial charge in [0.2, 0.25) is 0 Å². The van der Waals surface area contributed by atoms with E-state index in [4.69, 9.17) is 0 Å². The zero-order valence-corrected chi connectivity index (χ0v) is 13.3. The predicted octanol–water partition coefficient (Wildman–Crippen LogP) is 2.39. The Morgan fingerprint density at radius 2 is 2.10 bits per heavy atom. The molecule has 1 unspecified atom stereocenters. The highest BCUT2D eigenvalue weighted by Gasteiger charge is 2.16. The number of thiazole rings is 1. The molecule has 0 saturated heterocycles. The van der Waals surface area contributed by atoms with E-state index in [-0.39, 0.29) is 11.9 Å². The summed E-state index contributed by atoms with van der Waals surface area (Å²) in [6.45, 7) is 10.5. The van der Waals surface area contributed by atoms with Gasteiger partial charge in [-0.2, -0.15) is 5.10 Å². The number of nitrogens with one attached hydrogen (secondary N) is 1. The van der Waals surface area contributed by atoms with Gasteiger partial charge in [-0.05, 0) is 40.7 Å². The molecule has 5 nitrogen and oxygen atoms in total. The molecule has 0 aliphatic heterocycles. The molecule has 2 heterocycles. The number of hydrogen-bond acceptors (Lipinski definition) is 4. The second kappa shape index (κ2) is 5.75. The second-order valence-electron chi connectivity index (χ2n) is 5.12. The van der Waals surface area contributed by atoms with Gasteiger partial charge in [0.1, 0.15) is 5.69 Å². The standard InChI is InChI=1S/C14H20N4OS/c1-8-6-10(3)18(17-8)7-9(2)15-14(19)13-11(4)20-12(5)16-13/h6,9H,7H2,1-5H3,(H,15,19). The van der Waals surface area contributed by atoms with Gasteiger partial charge < -0.3 is 5.32 Å². The summed E-state index contributed by atoms with van der Waals surface area (Å²) in [6, 6.07) is 2.03. The van der Waals surface area contributed by atoms with Crippen LogP contribution in [0.3, 0.4) is 0 Å². The van der Waals surface area contributed by atoms with Gasteiger partial charge in [0.15, 0.2) is 0 Å². The highest BCUT2D eigenvalue weighted by Crippen LogP contribution is 2.16. The molecule has 2 rings (SSSR count). The molecule has 0 aromatic carbocycles. The van der Waals surface area contributed by atoms with Crippen LogP contribution in [0.5, 0.6) is 0 Å². The van der Waals surface area contributed by atoms with Gasteiger partial charge in [0.25, 0.3) is 5.91 Å². The van der Waals surface area contributed by atoms with E-state index < -0.39 is 0 Å². The van der Waals surface area contributed by atoms with E-state index in [9.17, 15) is 4.79 Å². The summed E-state index contributed by atoms with van der Waals surface area (Å²) in [5, 5.41) is 8.30. The summed E-state index contributed by atoms with van der Waals surface area (Å²) in [4.78, 5) is 17.4. The number of carbonyl (C=O) groups is 1. The van der Waals surface area contributed by atoms with Crippen LogP contribution in [-0.2, 0) is 6.54 Å². The van der Waals surface area contributed by atoms with E-state index in [0.717, 1.165) is 21.3 Å². The first-order valence-electron chi connectivity index (χ1n) is 6.62. The molecule has 108 valence electrons. The topological polar surface area (TPSA) is 59.8 Å². The Labute approximate surface area is 123 Å². The van der Waals surface area contributed by atoms with E-state index in [2.05, 4.69) is 15.4 Å². The molecule has 20 heavy (non-hydrogen) atoms. The lowest BCUT2D eigenvalue weighted by atomic mass is 10.3. The Hall–Kier alpha value is -1.69. The molecular formula is C14H20N4OS. The summed E-state index contributed by atoms with van der Waals surface area (Å²) in [6.07, 6.45) is 0. The lowest BCUT2D eigenvalue weighted by molar-refractivity contribution is 0.0930. The van der Waals surface area contributed by atoms with Gasteiger partial charge in [-0.15, -0.1) is 11.3 Å². The van der Waals surface area contributed by atoms with Gasteiger partial charge in [0, 0.05) is 16.6 Å². The normalized spacial score (nSPS) is 12.4. The summed E-state index contributed by atoms with van der Waals surface area (Å²) in [7, 11) is 0. The maximum atomic E-state index is 12.2. The highest BCUT2D eigenvalue weighted by molar-refractivity contribution is 7.11. The monoisotopic (exact) mass is 292 g/mol. The van der Waals surface area contributed by atoms with E-state index in [0.29, 0.717) is 12.2 Å². The molecule has 0 aliphatic rings. The molecule has 0 aliphatic carbocycles. The number of rotatable bonds is 4. The molecule has 1 amide bonds. The first-order chi connectivity index (χ1) is 9.36. The van der Waals surface area contributed by atoms with E-state index >= 15 is 0 Å². The van der Waals surface area contributed by atoms with E-state index in [1.807, 2.05) is 45.4 Å². The number of nitrogens with zero attached hydrogens (tertiary/aromatic N) is 3. The van der Waals surface area contributed by atoms with Crippen molar-refractivity contribution in [3.63, 3.8) is 0 Å². The van der Waals surface area contributed by atoms with Gasteiger partial charge in [-0.1, -0.05) is 0 Å². The van der Waals surface area contributed by atoms with Crippen molar-refractivity contribution in [1.29, 1.82) is 0 Å². The number of aromatic nitrogens is 3. The smallest absolute Gasteiger partial charge is 0.271 e. The fourth-order valence-corrected chi connectivity index (χ4v) is 3.01. The number of aryl methyl sites for hydroxylation is 4. The Bertz CT molecular complexity index is 629. The van der Waals surface area contributed by atoms with Crippen molar-refractivity contribution in [2.24, 2.45) is 0 Å². The number of carbonyl (C=O) groups excluding carboxylic acids is 1. The largest absolute Gasteiger partial charge is 0.346 e. The minimum Gasteiger partial charge on any atom is -0.346 e. The summed E-state index contributed by atoms with van der Waals surface area (Å²) < 4.78 is 1.92. The SMILES string of the molecule is Cc1cc(C)n(CC(C)NC(=O)c2nc(C)sc2C)n1. The first kappa shape index (κ1) is 14.7. The van der Waals surface area contributed by atoms with Crippen LogP contribution in [-0.4, -0.2) is 26.7 Å². The molecule has 0 fully saturated rings. The van der Waals surface area contributed by atoms with Crippen LogP contribution in [0.1, 0.15) is 38.7 Å². The molecule has 0 saturated carbocycles. The maximum absolute atomic E-state index is 12.2. The van der Waals surface area contributed by atoms with Crippen LogP contribution >= 0.6 is 11.3 Å². The lowest BCUT2D eigenvalue weighted by Gasteiger charge is -2.14. The number of amides is 1. The van der Waals surface area contributed by atoms with Crippen LogP contribution in [0.4, 0.5) is 0 Å². The fraction of sp³-hybridized carbons (Fsp3) is 0.500. The Morgan fingerprint density at radius 3 is 2.60 bits per heavy atom. The van der Waals surface area contributed by atoms with E-state index in [1.165, 1.54) is 0 Å². The van der Waals surface area contributed by atoms with Crippen molar-refractivity contribution in [2.75, 3.05) is 0 Å². The molecule has 1 atom stereocenters. The minimum absolute atomic E-state index is 0.00176. The summed E-state index contributed by atoms with van der Waals surface area (Å²) >= 11 is 1.54. The molecule has 6 heteroatoms.